The molecule has 1 aromatic carbocycles. The van der Waals surface area contributed by atoms with E-state index in [4.69, 9.17) is 9.84 Å². The summed E-state index contributed by atoms with van der Waals surface area (Å²) in [6.07, 6.45) is 4.40. The zero-order valence-corrected chi connectivity index (χ0v) is 10.8. The lowest BCUT2D eigenvalue weighted by Crippen LogP contribution is -2.25. The van der Waals surface area contributed by atoms with Crippen LogP contribution in [-0.2, 0) is 4.79 Å². The Morgan fingerprint density at radius 3 is 2.67 bits per heavy atom. The summed E-state index contributed by atoms with van der Waals surface area (Å²) >= 11 is 0. The molecule has 0 atom stereocenters. The normalized spacial score (nSPS) is 23.6. The monoisotopic (exact) mass is 248 g/mol. The summed E-state index contributed by atoms with van der Waals surface area (Å²) in [6, 6.07) is 8.08. The van der Waals surface area contributed by atoms with Crippen molar-refractivity contribution < 1.29 is 14.6 Å². The van der Waals surface area contributed by atoms with E-state index in [1.807, 2.05) is 18.2 Å². The number of hydrogen-bond donors (Lipinski definition) is 1. The first-order chi connectivity index (χ1) is 8.63. The third-order valence-electron chi connectivity index (χ3n) is 3.55. The highest BCUT2D eigenvalue weighted by Gasteiger charge is 2.23. The van der Waals surface area contributed by atoms with Crippen LogP contribution in [0.5, 0.6) is 5.75 Å². The highest BCUT2D eigenvalue weighted by Crippen LogP contribution is 2.29. The molecular weight excluding hydrogens is 228 g/mol. The molecule has 0 radical (unpaired) electrons. The van der Waals surface area contributed by atoms with Gasteiger partial charge < -0.3 is 9.84 Å². The number of hydrogen-bond acceptors (Lipinski definition) is 2. The Morgan fingerprint density at radius 1 is 1.33 bits per heavy atom. The number of rotatable bonds is 4. The van der Waals surface area contributed by atoms with E-state index in [9.17, 15) is 4.79 Å². The van der Waals surface area contributed by atoms with E-state index in [-0.39, 0.29) is 6.10 Å². The van der Waals surface area contributed by atoms with Crippen molar-refractivity contribution in [3.63, 3.8) is 0 Å². The molecule has 1 aliphatic carbocycles. The fourth-order valence-electron chi connectivity index (χ4n) is 2.58. The smallest absolute Gasteiger partial charge is 0.303 e. The van der Waals surface area contributed by atoms with Gasteiger partial charge in [-0.1, -0.05) is 12.1 Å². The largest absolute Gasteiger partial charge is 0.490 e. The van der Waals surface area contributed by atoms with Gasteiger partial charge in [0, 0.05) is 6.42 Å². The highest BCUT2D eigenvalue weighted by molar-refractivity contribution is 5.67. The lowest BCUT2D eigenvalue weighted by atomic mass is 9.85. The zero-order chi connectivity index (χ0) is 13.0. The van der Waals surface area contributed by atoms with E-state index in [1.165, 1.54) is 5.56 Å². The Kier molecular flexibility index (Phi) is 4.24. The number of carboxylic acids is 1. The Bertz CT molecular complexity index is 406. The second kappa shape index (κ2) is 5.89. The van der Waals surface area contributed by atoms with Gasteiger partial charge in [0.15, 0.2) is 0 Å². The lowest BCUT2D eigenvalue weighted by Gasteiger charge is -2.28. The van der Waals surface area contributed by atoms with Crippen LogP contribution in [0.4, 0.5) is 0 Å². The van der Waals surface area contributed by atoms with Crippen molar-refractivity contribution >= 4 is 5.97 Å². The minimum absolute atomic E-state index is 0.247. The van der Waals surface area contributed by atoms with Crippen LogP contribution in [0.3, 0.4) is 0 Å². The number of carboxylic acid groups (broad SMARTS) is 1. The third kappa shape index (κ3) is 3.76. The maximum absolute atomic E-state index is 10.6. The predicted octanol–water partition coefficient (Wildman–Crippen LogP) is 3.41. The molecule has 2 rings (SSSR count). The summed E-state index contributed by atoms with van der Waals surface area (Å²) in [7, 11) is 0. The van der Waals surface area contributed by atoms with Crippen LogP contribution in [0.15, 0.2) is 24.3 Å². The van der Waals surface area contributed by atoms with Gasteiger partial charge in [-0.05, 0) is 56.2 Å². The molecule has 1 N–H and O–H groups in total. The first kappa shape index (κ1) is 12.9. The Balaban J connectivity index is 1.81. The molecule has 0 spiro atoms. The minimum atomic E-state index is -0.682. The number of benzene rings is 1. The second-order valence-electron chi connectivity index (χ2n) is 5.17. The minimum Gasteiger partial charge on any atom is -0.490 e. The van der Waals surface area contributed by atoms with Crippen molar-refractivity contribution in [3.05, 3.63) is 29.8 Å². The van der Waals surface area contributed by atoms with E-state index in [2.05, 4.69) is 13.0 Å². The van der Waals surface area contributed by atoms with Crippen LogP contribution in [0.25, 0.3) is 0 Å². The average molecular weight is 248 g/mol. The molecule has 0 unspecified atom stereocenters. The molecule has 0 amide bonds. The number of ether oxygens (including phenoxy) is 1. The molecule has 18 heavy (non-hydrogen) atoms. The molecule has 1 aromatic rings. The molecule has 0 aromatic heterocycles. The fraction of sp³-hybridized carbons (Fsp3) is 0.533. The van der Waals surface area contributed by atoms with Gasteiger partial charge in [-0.25, -0.2) is 0 Å². The number of aliphatic carboxylic acids is 1. The summed E-state index contributed by atoms with van der Waals surface area (Å²) < 4.78 is 5.94. The maximum atomic E-state index is 10.6. The van der Waals surface area contributed by atoms with Gasteiger partial charge in [0.25, 0.3) is 0 Å². The van der Waals surface area contributed by atoms with Crippen molar-refractivity contribution in [2.75, 3.05) is 0 Å². The van der Waals surface area contributed by atoms with Gasteiger partial charge in [0.2, 0.25) is 0 Å². The lowest BCUT2D eigenvalue weighted by molar-refractivity contribution is -0.138. The molecule has 1 aliphatic rings. The Morgan fingerprint density at radius 2 is 2.06 bits per heavy atom. The SMILES string of the molecule is Cc1cccc(OC2CCC(CC(=O)O)CC2)c1. The van der Waals surface area contributed by atoms with Crippen molar-refractivity contribution in [1.29, 1.82) is 0 Å². The summed E-state index contributed by atoms with van der Waals surface area (Å²) in [4.78, 5) is 10.6. The van der Waals surface area contributed by atoms with E-state index >= 15 is 0 Å². The van der Waals surface area contributed by atoms with Crippen LogP contribution in [0.2, 0.25) is 0 Å². The molecule has 3 nitrogen and oxygen atoms in total. The fourth-order valence-corrected chi connectivity index (χ4v) is 2.58. The van der Waals surface area contributed by atoms with Crippen LogP contribution < -0.4 is 4.74 Å². The summed E-state index contributed by atoms with van der Waals surface area (Å²) in [5.41, 5.74) is 1.20. The van der Waals surface area contributed by atoms with E-state index < -0.39 is 5.97 Å². The number of aryl methyl sites for hydroxylation is 1. The number of carbonyl (C=O) groups is 1. The molecule has 1 fully saturated rings. The Labute approximate surface area is 108 Å². The Hall–Kier alpha value is -1.51. The topological polar surface area (TPSA) is 46.5 Å². The van der Waals surface area contributed by atoms with Crippen LogP contribution >= 0.6 is 0 Å². The highest BCUT2D eigenvalue weighted by atomic mass is 16.5. The van der Waals surface area contributed by atoms with Crippen LogP contribution in [0.1, 0.15) is 37.7 Å². The first-order valence-corrected chi connectivity index (χ1v) is 6.58. The molecule has 1 saturated carbocycles. The quantitative estimate of drug-likeness (QED) is 0.888. The maximum Gasteiger partial charge on any atom is 0.303 e. The molecule has 0 bridgehead atoms. The van der Waals surface area contributed by atoms with Crippen molar-refractivity contribution in [2.24, 2.45) is 5.92 Å². The molecule has 98 valence electrons. The van der Waals surface area contributed by atoms with E-state index in [0.717, 1.165) is 31.4 Å². The molecule has 0 heterocycles. The summed E-state index contributed by atoms with van der Waals surface area (Å²) in [5, 5.41) is 8.77. The molecule has 0 saturated heterocycles. The van der Waals surface area contributed by atoms with Crippen molar-refractivity contribution in [3.8, 4) is 5.75 Å². The second-order valence-corrected chi connectivity index (χ2v) is 5.17. The van der Waals surface area contributed by atoms with E-state index in [0.29, 0.717) is 12.3 Å². The van der Waals surface area contributed by atoms with Gasteiger partial charge in [-0.2, -0.15) is 0 Å². The third-order valence-corrected chi connectivity index (χ3v) is 3.55. The average Bonchev–Trinajstić information content (AvgIpc) is 2.31. The van der Waals surface area contributed by atoms with E-state index in [1.54, 1.807) is 0 Å². The van der Waals surface area contributed by atoms with Gasteiger partial charge in [-0.3, -0.25) is 4.79 Å². The molecule has 3 heteroatoms. The van der Waals surface area contributed by atoms with Gasteiger partial charge in [-0.15, -0.1) is 0 Å². The van der Waals surface area contributed by atoms with Gasteiger partial charge in [0.1, 0.15) is 5.75 Å². The van der Waals surface area contributed by atoms with Crippen LogP contribution in [-0.4, -0.2) is 17.2 Å². The zero-order valence-electron chi connectivity index (χ0n) is 10.8. The standard InChI is InChI=1S/C15H20O3/c1-11-3-2-4-14(9-11)18-13-7-5-12(6-8-13)10-15(16)17/h2-4,9,12-13H,5-8,10H2,1H3,(H,16,17). The van der Waals surface area contributed by atoms with Crippen molar-refractivity contribution in [1.82, 2.24) is 0 Å². The first-order valence-electron chi connectivity index (χ1n) is 6.58. The van der Waals surface area contributed by atoms with Gasteiger partial charge >= 0.3 is 5.97 Å². The van der Waals surface area contributed by atoms with Gasteiger partial charge in [0.05, 0.1) is 6.10 Å². The van der Waals surface area contributed by atoms with Crippen molar-refractivity contribution in [2.45, 2.75) is 45.1 Å². The summed E-state index contributed by atoms with van der Waals surface area (Å²) in [5.74, 6) is 0.578. The predicted molar refractivity (Wildman–Crippen MR) is 69.8 cm³/mol. The molecule has 0 aliphatic heterocycles. The molecular formula is C15H20O3. The summed E-state index contributed by atoms with van der Waals surface area (Å²) in [6.45, 7) is 2.05. The van der Waals surface area contributed by atoms with Crippen LogP contribution in [0, 0.1) is 12.8 Å².